The molecule has 2 aromatic carbocycles. The van der Waals surface area contributed by atoms with Crippen LogP contribution in [0.2, 0.25) is 0 Å². The van der Waals surface area contributed by atoms with Gasteiger partial charge in [0.25, 0.3) is 6.01 Å². The van der Waals surface area contributed by atoms with E-state index in [9.17, 15) is 0 Å². The number of hydrogen-bond donors (Lipinski definition) is 1. The molecule has 1 N–H and O–H groups in total. The Bertz CT molecular complexity index is 837. The fourth-order valence-corrected chi connectivity index (χ4v) is 2.97. The highest BCUT2D eigenvalue weighted by molar-refractivity contribution is 5.74. The molecule has 5 heteroatoms. The number of aromatic nitrogens is 1. The maximum absolute atomic E-state index is 6.00. The van der Waals surface area contributed by atoms with Crippen LogP contribution in [0.1, 0.15) is 19.4 Å². The molecule has 0 fully saturated rings. The van der Waals surface area contributed by atoms with Gasteiger partial charge in [-0.25, -0.2) is 0 Å². The third-order valence-electron chi connectivity index (χ3n) is 3.98. The van der Waals surface area contributed by atoms with Crippen molar-refractivity contribution in [1.29, 1.82) is 0 Å². The van der Waals surface area contributed by atoms with E-state index < -0.39 is 0 Å². The second-order valence-electron chi connectivity index (χ2n) is 6.54. The standard InChI is InChI=1S/C19H20N2O3/c1-19(2)12-13-6-5-9-16(17(13)24-19)22-11-10-20-18-21-14-7-3-4-8-15(14)23-18/h3-9H,10-12H2,1-2H3,(H,20,21). The molecule has 24 heavy (non-hydrogen) atoms. The molecule has 1 aromatic heterocycles. The van der Waals surface area contributed by atoms with E-state index in [1.54, 1.807) is 0 Å². The van der Waals surface area contributed by atoms with E-state index in [-0.39, 0.29) is 5.60 Å². The first kappa shape index (κ1) is 14.9. The lowest BCUT2D eigenvalue weighted by molar-refractivity contribution is 0.132. The van der Waals surface area contributed by atoms with Gasteiger partial charge in [0, 0.05) is 12.0 Å². The first-order valence-corrected chi connectivity index (χ1v) is 8.14. The molecule has 0 saturated carbocycles. The van der Waals surface area contributed by atoms with Crippen LogP contribution in [0, 0.1) is 0 Å². The Hall–Kier alpha value is -2.69. The van der Waals surface area contributed by atoms with Crippen LogP contribution in [-0.4, -0.2) is 23.7 Å². The molecular formula is C19H20N2O3. The van der Waals surface area contributed by atoms with E-state index in [1.165, 1.54) is 5.56 Å². The van der Waals surface area contributed by atoms with Crippen LogP contribution in [0.15, 0.2) is 46.9 Å². The van der Waals surface area contributed by atoms with E-state index in [1.807, 2.05) is 36.4 Å². The Balaban J connectivity index is 1.36. The summed E-state index contributed by atoms with van der Waals surface area (Å²) in [4.78, 5) is 4.38. The molecule has 1 aliphatic heterocycles. The Morgan fingerprint density at radius 1 is 1.17 bits per heavy atom. The fraction of sp³-hybridized carbons (Fsp3) is 0.316. The number of oxazole rings is 1. The molecular weight excluding hydrogens is 304 g/mol. The van der Waals surface area contributed by atoms with Gasteiger partial charge in [0.1, 0.15) is 17.7 Å². The molecule has 0 aliphatic carbocycles. The van der Waals surface area contributed by atoms with Gasteiger partial charge >= 0.3 is 0 Å². The van der Waals surface area contributed by atoms with Crippen molar-refractivity contribution in [2.75, 3.05) is 18.5 Å². The quantitative estimate of drug-likeness (QED) is 0.718. The number of rotatable bonds is 5. The lowest BCUT2D eigenvalue weighted by Gasteiger charge is -2.18. The normalized spacial score (nSPS) is 15.1. The Kier molecular flexibility index (Phi) is 3.56. The van der Waals surface area contributed by atoms with Gasteiger partial charge in [-0.2, -0.15) is 4.98 Å². The van der Waals surface area contributed by atoms with Crippen LogP contribution in [-0.2, 0) is 6.42 Å². The summed E-state index contributed by atoms with van der Waals surface area (Å²) in [7, 11) is 0. The number of hydrogen-bond acceptors (Lipinski definition) is 5. The molecule has 2 heterocycles. The molecule has 3 aromatic rings. The fourth-order valence-electron chi connectivity index (χ4n) is 2.97. The van der Waals surface area contributed by atoms with Gasteiger partial charge in [0.2, 0.25) is 0 Å². The summed E-state index contributed by atoms with van der Waals surface area (Å²) in [5.74, 6) is 1.65. The second-order valence-corrected chi connectivity index (χ2v) is 6.54. The maximum atomic E-state index is 6.00. The number of nitrogens with one attached hydrogen (secondary N) is 1. The lowest BCUT2D eigenvalue weighted by atomic mass is 10.0. The lowest BCUT2D eigenvalue weighted by Crippen LogP contribution is -2.24. The smallest absolute Gasteiger partial charge is 0.295 e. The summed E-state index contributed by atoms with van der Waals surface area (Å²) in [5, 5.41) is 3.14. The zero-order valence-corrected chi connectivity index (χ0v) is 13.8. The predicted octanol–water partition coefficient (Wildman–Crippen LogP) is 4.03. The van der Waals surface area contributed by atoms with E-state index >= 15 is 0 Å². The minimum atomic E-state index is -0.168. The van der Waals surface area contributed by atoms with Gasteiger partial charge in [-0.1, -0.05) is 24.3 Å². The van der Waals surface area contributed by atoms with Crippen molar-refractivity contribution in [3.8, 4) is 11.5 Å². The van der Waals surface area contributed by atoms with E-state index in [2.05, 4.69) is 30.2 Å². The first-order valence-electron chi connectivity index (χ1n) is 8.14. The summed E-state index contributed by atoms with van der Waals surface area (Å²) in [6, 6.07) is 14.2. The van der Waals surface area contributed by atoms with Crippen molar-refractivity contribution >= 4 is 17.1 Å². The van der Waals surface area contributed by atoms with Crippen molar-refractivity contribution < 1.29 is 13.9 Å². The van der Waals surface area contributed by atoms with Crippen molar-refractivity contribution in [3.63, 3.8) is 0 Å². The van der Waals surface area contributed by atoms with Gasteiger partial charge in [-0.3, -0.25) is 0 Å². The Labute approximate surface area is 140 Å². The molecule has 0 atom stereocenters. The number of ether oxygens (including phenoxy) is 2. The molecule has 0 bridgehead atoms. The summed E-state index contributed by atoms with van der Waals surface area (Å²) in [6.07, 6.45) is 0.903. The van der Waals surface area contributed by atoms with Crippen LogP contribution in [0.25, 0.3) is 11.1 Å². The average molecular weight is 324 g/mol. The minimum absolute atomic E-state index is 0.168. The number of para-hydroxylation sites is 3. The topological polar surface area (TPSA) is 56.5 Å². The highest BCUT2D eigenvalue weighted by Crippen LogP contribution is 2.41. The number of benzene rings is 2. The number of nitrogens with zero attached hydrogens (tertiary/aromatic N) is 1. The average Bonchev–Trinajstić information content (AvgIpc) is 3.10. The van der Waals surface area contributed by atoms with Crippen molar-refractivity contribution in [1.82, 2.24) is 4.98 Å². The highest BCUT2D eigenvalue weighted by atomic mass is 16.5. The van der Waals surface area contributed by atoms with E-state index in [0.717, 1.165) is 29.0 Å². The highest BCUT2D eigenvalue weighted by Gasteiger charge is 2.32. The van der Waals surface area contributed by atoms with Crippen LogP contribution in [0.3, 0.4) is 0 Å². The molecule has 124 valence electrons. The first-order chi connectivity index (χ1) is 11.6. The van der Waals surface area contributed by atoms with Crippen molar-refractivity contribution in [2.45, 2.75) is 25.9 Å². The molecule has 0 spiro atoms. The van der Waals surface area contributed by atoms with Gasteiger partial charge in [-0.15, -0.1) is 0 Å². The summed E-state index contributed by atoms with van der Waals surface area (Å²) in [5.41, 5.74) is 2.65. The zero-order chi connectivity index (χ0) is 16.6. The van der Waals surface area contributed by atoms with Crippen LogP contribution in [0.4, 0.5) is 6.01 Å². The predicted molar refractivity (Wildman–Crippen MR) is 92.8 cm³/mol. The maximum Gasteiger partial charge on any atom is 0.295 e. The molecule has 0 saturated heterocycles. The molecule has 1 aliphatic rings. The molecule has 0 radical (unpaired) electrons. The van der Waals surface area contributed by atoms with Gasteiger partial charge in [0.15, 0.2) is 17.1 Å². The van der Waals surface area contributed by atoms with E-state index in [0.29, 0.717) is 19.2 Å². The SMILES string of the molecule is CC1(C)Cc2cccc(OCCNc3nc4ccccc4o3)c2O1. The number of anilines is 1. The molecule has 4 rings (SSSR count). The van der Waals surface area contributed by atoms with E-state index in [4.69, 9.17) is 13.9 Å². The Morgan fingerprint density at radius 2 is 2.04 bits per heavy atom. The third-order valence-corrected chi connectivity index (χ3v) is 3.98. The summed E-state index contributed by atoms with van der Waals surface area (Å²) < 4.78 is 17.5. The van der Waals surface area contributed by atoms with Gasteiger partial charge in [-0.05, 0) is 32.0 Å². The zero-order valence-electron chi connectivity index (χ0n) is 13.8. The van der Waals surface area contributed by atoms with Gasteiger partial charge in [0.05, 0.1) is 6.54 Å². The summed E-state index contributed by atoms with van der Waals surface area (Å²) >= 11 is 0. The molecule has 0 amide bonds. The van der Waals surface area contributed by atoms with Gasteiger partial charge < -0.3 is 19.2 Å². The van der Waals surface area contributed by atoms with Crippen LogP contribution in [0.5, 0.6) is 11.5 Å². The van der Waals surface area contributed by atoms with Crippen molar-refractivity contribution in [3.05, 3.63) is 48.0 Å². The van der Waals surface area contributed by atoms with Crippen molar-refractivity contribution in [2.24, 2.45) is 0 Å². The monoisotopic (exact) mass is 324 g/mol. The molecule has 5 nitrogen and oxygen atoms in total. The largest absolute Gasteiger partial charge is 0.488 e. The van der Waals surface area contributed by atoms with Crippen LogP contribution >= 0.6 is 0 Å². The number of fused-ring (bicyclic) bond motifs is 2. The summed E-state index contributed by atoms with van der Waals surface area (Å²) in [6.45, 7) is 5.27. The minimum Gasteiger partial charge on any atom is -0.488 e. The molecule has 0 unspecified atom stereocenters. The second kappa shape index (κ2) is 5.74. The Morgan fingerprint density at radius 3 is 2.92 bits per heavy atom. The third kappa shape index (κ3) is 2.89. The van der Waals surface area contributed by atoms with Crippen LogP contribution < -0.4 is 14.8 Å².